The van der Waals surface area contributed by atoms with Gasteiger partial charge in [0.25, 0.3) is 0 Å². The normalized spacial score (nSPS) is 10.3. The van der Waals surface area contributed by atoms with Gasteiger partial charge in [0.1, 0.15) is 0 Å². The van der Waals surface area contributed by atoms with Crippen LogP contribution in [-0.2, 0) is 20.0 Å². The van der Waals surface area contributed by atoms with Crippen molar-refractivity contribution in [3.63, 3.8) is 0 Å². The summed E-state index contributed by atoms with van der Waals surface area (Å²) in [5.41, 5.74) is 2.48. The van der Waals surface area contributed by atoms with E-state index < -0.39 is 0 Å². The second kappa shape index (κ2) is 7.37. The Hall–Kier alpha value is -0.920. The van der Waals surface area contributed by atoms with E-state index in [9.17, 15) is 0 Å². The molecule has 0 spiro atoms. The molecular weight excluding hydrogens is 218 g/mol. The third-order valence-electron chi connectivity index (χ3n) is 2.25. The molecule has 0 radical (unpaired) electrons. The lowest BCUT2D eigenvalue weighted by molar-refractivity contribution is 0.725. The minimum atomic E-state index is 0.800. The van der Waals surface area contributed by atoms with Gasteiger partial charge >= 0.3 is 0 Å². The van der Waals surface area contributed by atoms with Crippen molar-refractivity contribution in [2.75, 3.05) is 18.1 Å². The van der Waals surface area contributed by atoms with Crippen LogP contribution in [0.25, 0.3) is 0 Å². The van der Waals surface area contributed by atoms with Crippen LogP contribution in [0.2, 0.25) is 0 Å². The van der Waals surface area contributed by atoms with E-state index in [1.807, 2.05) is 11.7 Å². The Bertz CT molecular complexity index is 352. The Kier molecular flexibility index (Phi) is 6.05. The van der Waals surface area contributed by atoms with Crippen molar-refractivity contribution in [3.05, 3.63) is 17.5 Å². The van der Waals surface area contributed by atoms with Crippen LogP contribution in [-0.4, -0.2) is 27.8 Å². The zero-order valence-electron chi connectivity index (χ0n) is 9.99. The fraction of sp³-hybridized carbons (Fsp3) is 0.583. The quantitative estimate of drug-likeness (QED) is 0.575. The Labute approximate surface area is 102 Å². The summed E-state index contributed by atoms with van der Waals surface area (Å²) in [5.74, 6) is 4.48. The summed E-state index contributed by atoms with van der Waals surface area (Å²) in [6.45, 7) is 4.02. The largest absolute Gasteiger partial charge is 0.312 e. The fourth-order valence-corrected chi connectivity index (χ4v) is 2.08. The number of terminal acetylenes is 1. The molecular formula is C12H19N3S. The maximum atomic E-state index is 5.17. The molecule has 0 aliphatic carbocycles. The maximum absolute atomic E-state index is 5.17. The number of nitrogens with zero attached hydrogens (tertiary/aromatic N) is 2. The van der Waals surface area contributed by atoms with Gasteiger partial charge in [-0.1, -0.05) is 12.8 Å². The van der Waals surface area contributed by atoms with Crippen LogP contribution in [0.5, 0.6) is 0 Å². The molecule has 0 aromatic carbocycles. The number of aryl methyl sites for hydroxylation is 2. The van der Waals surface area contributed by atoms with E-state index in [-0.39, 0.29) is 0 Å². The molecule has 1 aromatic heterocycles. The molecule has 0 aliphatic rings. The van der Waals surface area contributed by atoms with E-state index in [0.717, 1.165) is 31.0 Å². The van der Waals surface area contributed by atoms with Gasteiger partial charge in [0.2, 0.25) is 0 Å². The van der Waals surface area contributed by atoms with Gasteiger partial charge in [0.05, 0.1) is 11.4 Å². The monoisotopic (exact) mass is 237 g/mol. The molecule has 1 heterocycles. The first-order valence-electron chi connectivity index (χ1n) is 5.51. The highest BCUT2D eigenvalue weighted by Crippen LogP contribution is 2.06. The average Bonchev–Trinajstić information content (AvgIpc) is 2.64. The second-order valence-electron chi connectivity index (χ2n) is 3.56. The zero-order valence-corrected chi connectivity index (χ0v) is 10.8. The second-order valence-corrected chi connectivity index (χ2v) is 4.67. The summed E-state index contributed by atoms with van der Waals surface area (Å²) in [7, 11) is 1.96. The van der Waals surface area contributed by atoms with Gasteiger partial charge in [0.15, 0.2) is 0 Å². The Balaban J connectivity index is 2.24. The molecule has 0 bridgehead atoms. The van der Waals surface area contributed by atoms with E-state index in [4.69, 9.17) is 6.42 Å². The summed E-state index contributed by atoms with van der Waals surface area (Å²) in [6.07, 6.45) is 8.25. The Morgan fingerprint density at radius 1 is 1.62 bits per heavy atom. The first-order chi connectivity index (χ1) is 7.77. The number of rotatable bonds is 7. The molecule has 16 heavy (non-hydrogen) atoms. The standard InChI is InChI=1S/C12H19N3S/c1-4-7-16-8-6-13-9-11-10-15(3)14-12(11)5-2/h1,10,13H,5-9H2,2-3H3. The molecule has 1 aromatic rings. The highest BCUT2D eigenvalue weighted by atomic mass is 32.2. The highest BCUT2D eigenvalue weighted by molar-refractivity contribution is 7.99. The summed E-state index contributed by atoms with van der Waals surface area (Å²) >= 11 is 1.78. The summed E-state index contributed by atoms with van der Waals surface area (Å²) in [6, 6.07) is 0. The zero-order chi connectivity index (χ0) is 11.8. The highest BCUT2D eigenvalue weighted by Gasteiger charge is 2.04. The van der Waals surface area contributed by atoms with E-state index >= 15 is 0 Å². The molecule has 1 rings (SSSR count). The summed E-state index contributed by atoms with van der Waals surface area (Å²) in [4.78, 5) is 0. The smallest absolute Gasteiger partial charge is 0.0666 e. The number of nitrogens with one attached hydrogen (secondary N) is 1. The lowest BCUT2D eigenvalue weighted by Crippen LogP contribution is -2.17. The van der Waals surface area contributed by atoms with Crippen LogP contribution in [0.4, 0.5) is 0 Å². The molecule has 0 fully saturated rings. The van der Waals surface area contributed by atoms with Crippen molar-refractivity contribution >= 4 is 11.8 Å². The topological polar surface area (TPSA) is 29.9 Å². The van der Waals surface area contributed by atoms with Crippen molar-refractivity contribution in [1.82, 2.24) is 15.1 Å². The van der Waals surface area contributed by atoms with Gasteiger partial charge in [0, 0.05) is 37.7 Å². The van der Waals surface area contributed by atoms with Gasteiger partial charge in [-0.25, -0.2) is 0 Å². The minimum absolute atomic E-state index is 0.800. The van der Waals surface area contributed by atoms with Crippen LogP contribution in [0.3, 0.4) is 0 Å². The predicted molar refractivity (Wildman–Crippen MR) is 70.5 cm³/mol. The van der Waals surface area contributed by atoms with Gasteiger partial charge in [-0.2, -0.15) is 5.10 Å². The van der Waals surface area contributed by atoms with Crippen LogP contribution in [0, 0.1) is 12.3 Å². The Morgan fingerprint density at radius 3 is 3.12 bits per heavy atom. The van der Waals surface area contributed by atoms with Crippen LogP contribution in [0.1, 0.15) is 18.2 Å². The predicted octanol–water partition coefficient (Wildman–Crippen LogP) is 1.44. The molecule has 0 aliphatic heterocycles. The van der Waals surface area contributed by atoms with Gasteiger partial charge < -0.3 is 5.32 Å². The van der Waals surface area contributed by atoms with Crippen molar-refractivity contribution in [1.29, 1.82) is 0 Å². The molecule has 0 atom stereocenters. The van der Waals surface area contributed by atoms with Gasteiger partial charge in [-0.15, -0.1) is 18.2 Å². The van der Waals surface area contributed by atoms with Crippen molar-refractivity contribution < 1.29 is 0 Å². The van der Waals surface area contributed by atoms with Crippen molar-refractivity contribution in [3.8, 4) is 12.3 Å². The third-order valence-corrected chi connectivity index (χ3v) is 3.11. The lowest BCUT2D eigenvalue weighted by Gasteiger charge is -2.03. The number of hydrogen-bond donors (Lipinski definition) is 1. The average molecular weight is 237 g/mol. The number of thioether (sulfide) groups is 1. The van der Waals surface area contributed by atoms with Crippen LogP contribution in [0.15, 0.2) is 6.20 Å². The van der Waals surface area contributed by atoms with Crippen LogP contribution < -0.4 is 5.32 Å². The first kappa shape index (κ1) is 13.1. The molecule has 1 N–H and O–H groups in total. The SMILES string of the molecule is C#CCSCCNCc1cn(C)nc1CC. The molecule has 4 heteroatoms. The molecule has 0 saturated heterocycles. The third kappa shape index (κ3) is 4.30. The van der Waals surface area contributed by atoms with Crippen molar-refractivity contribution in [2.24, 2.45) is 7.05 Å². The molecule has 0 saturated carbocycles. The lowest BCUT2D eigenvalue weighted by atomic mass is 10.2. The van der Waals surface area contributed by atoms with E-state index in [2.05, 4.69) is 29.5 Å². The fourth-order valence-electron chi connectivity index (χ4n) is 1.53. The van der Waals surface area contributed by atoms with E-state index in [0.29, 0.717) is 0 Å². The van der Waals surface area contributed by atoms with Gasteiger partial charge in [-0.05, 0) is 6.42 Å². The maximum Gasteiger partial charge on any atom is 0.0666 e. The number of aromatic nitrogens is 2. The summed E-state index contributed by atoms with van der Waals surface area (Å²) in [5, 5.41) is 7.81. The Morgan fingerprint density at radius 2 is 2.44 bits per heavy atom. The molecule has 0 amide bonds. The molecule has 88 valence electrons. The van der Waals surface area contributed by atoms with E-state index in [1.165, 1.54) is 11.3 Å². The molecule has 0 unspecified atom stereocenters. The van der Waals surface area contributed by atoms with Gasteiger partial charge in [-0.3, -0.25) is 4.68 Å². The first-order valence-corrected chi connectivity index (χ1v) is 6.66. The van der Waals surface area contributed by atoms with Crippen molar-refractivity contribution in [2.45, 2.75) is 19.9 Å². The van der Waals surface area contributed by atoms with Crippen LogP contribution >= 0.6 is 11.8 Å². The minimum Gasteiger partial charge on any atom is -0.312 e. The van der Waals surface area contributed by atoms with E-state index in [1.54, 1.807) is 11.8 Å². The summed E-state index contributed by atoms with van der Waals surface area (Å²) < 4.78 is 1.88. The number of hydrogen-bond acceptors (Lipinski definition) is 3. The molecule has 3 nitrogen and oxygen atoms in total.